The van der Waals surface area contributed by atoms with Gasteiger partial charge in [-0.3, -0.25) is 4.79 Å². The first-order chi connectivity index (χ1) is 15.1. The topological polar surface area (TPSA) is 80.6 Å². The number of anilines is 1. The lowest BCUT2D eigenvalue weighted by molar-refractivity contribution is -0.112. The molecule has 0 spiro atoms. The van der Waals surface area contributed by atoms with Gasteiger partial charge in [0.2, 0.25) is 0 Å². The van der Waals surface area contributed by atoms with Gasteiger partial charge in [-0.2, -0.15) is 5.26 Å². The highest BCUT2D eigenvalue weighted by Crippen LogP contribution is 2.30. The predicted molar refractivity (Wildman–Crippen MR) is 119 cm³/mol. The Balaban J connectivity index is 1.73. The molecule has 0 aliphatic rings. The molecule has 3 rings (SSSR count). The number of nitriles is 1. The molecular weight excluding hydrogens is 392 g/mol. The highest BCUT2D eigenvalue weighted by Gasteiger charge is 2.11. The number of hydrogen-bond acceptors (Lipinski definition) is 5. The van der Waals surface area contributed by atoms with Crippen LogP contribution < -0.4 is 19.5 Å². The van der Waals surface area contributed by atoms with Crippen molar-refractivity contribution in [2.45, 2.75) is 6.61 Å². The monoisotopic (exact) mass is 414 g/mol. The van der Waals surface area contributed by atoms with E-state index in [9.17, 15) is 10.1 Å². The van der Waals surface area contributed by atoms with Gasteiger partial charge in [-0.25, -0.2) is 0 Å². The fourth-order valence-electron chi connectivity index (χ4n) is 2.82. The molecule has 0 aliphatic heterocycles. The summed E-state index contributed by atoms with van der Waals surface area (Å²) in [6.45, 7) is 0.403. The first-order valence-electron chi connectivity index (χ1n) is 9.55. The molecule has 1 N–H and O–H groups in total. The summed E-state index contributed by atoms with van der Waals surface area (Å²) in [5.41, 5.74) is 2.21. The van der Waals surface area contributed by atoms with Crippen molar-refractivity contribution in [2.75, 3.05) is 19.5 Å². The van der Waals surface area contributed by atoms with Gasteiger partial charge in [0.1, 0.15) is 24.0 Å². The van der Waals surface area contributed by atoms with Crippen LogP contribution in [0.1, 0.15) is 11.1 Å². The molecular formula is C25H22N2O4. The molecule has 6 heteroatoms. The van der Waals surface area contributed by atoms with E-state index < -0.39 is 5.91 Å². The van der Waals surface area contributed by atoms with Crippen LogP contribution in [0.2, 0.25) is 0 Å². The standard InChI is InChI=1S/C25H22N2O4/c1-29-22-11-9-21(10-12-22)27-25(28)20(16-26)14-19-8-13-23(24(15-19)30-2)31-17-18-6-4-3-5-7-18/h3-15H,17H2,1-2H3,(H,27,28)/b20-14-. The van der Waals surface area contributed by atoms with Crippen molar-refractivity contribution in [1.29, 1.82) is 5.26 Å². The summed E-state index contributed by atoms with van der Waals surface area (Å²) >= 11 is 0. The maximum atomic E-state index is 12.5. The van der Waals surface area contributed by atoms with Crippen LogP contribution in [0, 0.1) is 11.3 Å². The number of hydrogen-bond donors (Lipinski definition) is 1. The molecule has 0 aliphatic carbocycles. The van der Waals surface area contributed by atoms with Crippen LogP contribution >= 0.6 is 0 Å². The molecule has 0 saturated carbocycles. The minimum atomic E-state index is -0.504. The van der Waals surface area contributed by atoms with Gasteiger partial charge in [-0.15, -0.1) is 0 Å². The third-order valence-corrected chi connectivity index (χ3v) is 4.45. The van der Waals surface area contributed by atoms with Gasteiger partial charge in [0.25, 0.3) is 5.91 Å². The summed E-state index contributed by atoms with van der Waals surface area (Å²) in [5, 5.41) is 12.2. The number of methoxy groups -OCH3 is 2. The molecule has 0 fully saturated rings. The third-order valence-electron chi connectivity index (χ3n) is 4.45. The van der Waals surface area contributed by atoms with Crippen molar-refractivity contribution in [2.24, 2.45) is 0 Å². The number of ether oxygens (including phenoxy) is 3. The Kier molecular flexibility index (Phi) is 7.28. The number of carbonyl (C=O) groups is 1. The van der Waals surface area contributed by atoms with Gasteiger partial charge in [0.15, 0.2) is 11.5 Å². The van der Waals surface area contributed by atoms with Gasteiger partial charge in [0, 0.05) is 5.69 Å². The Morgan fingerprint density at radius 3 is 2.35 bits per heavy atom. The third kappa shape index (κ3) is 5.87. The predicted octanol–water partition coefficient (Wildman–Crippen LogP) is 4.83. The molecule has 0 aromatic heterocycles. The Morgan fingerprint density at radius 1 is 0.968 bits per heavy atom. The maximum absolute atomic E-state index is 12.5. The second-order valence-electron chi connectivity index (χ2n) is 6.54. The average Bonchev–Trinajstić information content (AvgIpc) is 2.82. The van der Waals surface area contributed by atoms with Crippen molar-refractivity contribution < 1.29 is 19.0 Å². The highest BCUT2D eigenvalue weighted by atomic mass is 16.5. The molecule has 0 unspecified atom stereocenters. The molecule has 0 radical (unpaired) electrons. The molecule has 1 amide bonds. The van der Waals surface area contributed by atoms with Gasteiger partial charge in [-0.1, -0.05) is 36.4 Å². The Labute approximate surface area is 181 Å². The quantitative estimate of drug-likeness (QED) is 0.422. The van der Waals surface area contributed by atoms with E-state index in [0.29, 0.717) is 35.1 Å². The second-order valence-corrected chi connectivity index (χ2v) is 6.54. The van der Waals surface area contributed by atoms with Gasteiger partial charge in [0.05, 0.1) is 14.2 Å². The van der Waals surface area contributed by atoms with E-state index in [1.807, 2.05) is 36.4 Å². The average molecular weight is 414 g/mol. The van der Waals surface area contributed by atoms with Crippen LogP contribution in [0.3, 0.4) is 0 Å². The van der Waals surface area contributed by atoms with Gasteiger partial charge < -0.3 is 19.5 Å². The van der Waals surface area contributed by atoms with E-state index in [1.54, 1.807) is 56.7 Å². The fraction of sp³-hybridized carbons (Fsp3) is 0.120. The number of rotatable bonds is 8. The number of benzene rings is 3. The second kappa shape index (κ2) is 10.5. The largest absolute Gasteiger partial charge is 0.497 e. The van der Waals surface area contributed by atoms with E-state index in [1.165, 1.54) is 6.08 Å². The van der Waals surface area contributed by atoms with E-state index >= 15 is 0 Å². The zero-order chi connectivity index (χ0) is 22.1. The zero-order valence-corrected chi connectivity index (χ0v) is 17.3. The number of carbonyl (C=O) groups excluding carboxylic acids is 1. The molecule has 0 saturated heterocycles. The summed E-state index contributed by atoms with van der Waals surface area (Å²) in [5.74, 6) is 1.26. The Bertz CT molecular complexity index is 1100. The molecule has 3 aromatic rings. The van der Waals surface area contributed by atoms with Crippen molar-refractivity contribution in [3.05, 3.63) is 89.5 Å². The van der Waals surface area contributed by atoms with Crippen LogP contribution in [0.25, 0.3) is 6.08 Å². The van der Waals surface area contributed by atoms with E-state index in [-0.39, 0.29) is 5.57 Å². The van der Waals surface area contributed by atoms with Crippen molar-refractivity contribution in [3.63, 3.8) is 0 Å². The van der Waals surface area contributed by atoms with Gasteiger partial charge >= 0.3 is 0 Å². The van der Waals surface area contributed by atoms with E-state index in [4.69, 9.17) is 14.2 Å². The van der Waals surface area contributed by atoms with Crippen LogP contribution in [-0.4, -0.2) is 20.1 Å². The summed E-state index contributed by atoms with van der Waals surface area (Å²) in [4.78, 5) is 12.5. The number of nitrogens with one attached hydrogen (secondary N) is 1. The molecule has 31 heavy (non-hydrogen) atoms. The van der Waals surface area contributed by atoms with Crippen LogP contribution in [0.4, 0.5) is 5.69 Å². The van der Waals surface area contributed by atoms with E-state index in [0.717, 1.165) is 5.56 Å². The molecule has 0 heterocycles. The smallest absolute Gasteiger partial charge is 0.266 e. The minimum absolute atomic E-state index is 0.0316. The van der Waals surface area contributed by atoms with Crippen LogP contribution in [0.5, 0.6) is 17.2 Å². The lowest BCUT2D eigenvalue weighted by atomic mass is 10.1. The Hall–Kier alpha value is -4.24. The first-order valence-corrected chi connectivity index (χ1v) is 9.55. The van der Waals surface area contributed by atoms with Crippen molar-refractivity contribution in [3.8, 4) is 23.3 Å². The fourth-order valence-corrected chi connectivity index (χ4v) is 2.82. The summed E-state index contributed by atoms with van der Waals surface area (Å²) in [6.07, 6.45) is 1.50. The molecule has 156 valence electrons. The van der Waals surface area contributed by atoms with Gasteiger partial charge in [-0.05, 0) is 53.6 Å². The summed E-state index contributed by atoms with van der Waals surface area (Å²) in [7, 11) is 3.11. The molecule has 3 aromatic carbocycles. The van der Waals surface area contributed by atoms with Crippen molar-refractivity contribution >= 4 is 17.7 Å². The molecule has 0 atom stereocenters. The molecule has 6 nitrogen and oxygen atoms in total. The summed E-state index contributed by atoms with van der Waals surface area (Å²) in [6, 6.07) is 23.8. The minimum Gasteiger partial charge on any atom is -0.497 e. The lowest BCUT2D eigenvalue weighted by Gasteiger charge is -2.11. The lowest BCUT2D eigenvalue weighted by Crippen LogP contribution is -2.13. The van der Waals surface area contributed by atoms with Crippen LogP contribution in [0.15, 0.2) is 78.4 Å². The Morgan fingerprint density at radius 2 is 1.71 bits per heavy atom. The summed E-state index contributed by atoms with van der Waals surface area (Å²) < 4.78 is 16.4. The maximum Gasteiger partial charge on any atom is 0.266 e. The normalized spacial score (nSPS) is 10.7. The van der Waals surface area contributed by atoms with Crippen LogP contribution in [-0.2, 0) is 11.4 Å². The highest BCUT2D eigenvalue weighted by molar-refractivity contribution is 6.09. The zero-order valence-electron chi connectivity index (χ0n) is 17.3. The SMILES string of the molecule is COc1ccc(NC(=O)/C(C#N)=C\c2ccc(OCc3ccccc3)c(OC)c2)cc1. The molecule has 0 bridgehead atoms. The first kappa shape index (κ1) is 21.5. The number of nitrogens with zero attached hydrogens (tertiary/aromatic N) is 1. The number of amides is 1. The van der Waals surface area contributed by atoms with E-state index in [2.05, 4.69) is 5.32 Å². The van der Waals surface area contributed by atoms with Crippen molar-refractivity contribution in [1.82, 2.24) is 0 Å².